The van der Waals surface area contributed by atoms with Gasteiger partial charge >= 0.3 is 12.0 Å². The van der Waals surface area contributed by atoms with E-state index in [1.54, 1.807) is 18.2 Å². The number of carbonyl (C=O) groups excluding carboxylic acids is 3. The van der Waals surface area contributed by atoms with Crippen molar-refractivity contribution in [2.24, 2.45) is 0 Å². The first-order chi connectivity index (χ1) is 13.0. The van der Waals surface area contributed by atoms with Crippen molar-refractivity contribution in [1.29, 1.82) is 0 Å². The van der Waals surface area contributed by atoms with Crippen LogP contribution in [-0.2, 0) is 9.53 Å². The summed E-state index contributed by atoms with van der Waals surface area (Å²) in [6.07, 6.45) is 9.43. The molecule has 0 radical (unpaired) electrons. The van der Waals surface area contributed by atoms with E-state index in [1.807, 2.05) is 6.26 Å². The average Bonchev–Trinajstić information content (AvgIpc) is 2.67. The van der Waals surface area contributed by atoms with Crippen LogP contribution in [0, 0.1) is 0 Å². The van der Waals surface area contributed by atoms with Crippen molar-refractivity contribution in [3.05, 3.63) is 40.4 Å². The molecule has 8 heteroatoms. The summed E-state index contributed by atoms with van der Waals surface area (Å²) in [5.41, 5.74) is 1.52. The van der Waals surface area contributed by atoms with Gasteiger partial charge < -0.3 is 10.1 Å². The Balaban J connectivity index is 1.71. The van der Waals surface area contributed by atoms with Crippen molar-refractivity contribution in [3.63, 3.8) is 0 Å². The summed E-state index contributed by atoms with van der Waals surface area (Å²) in [6.45, 7) is -0.0982. The van der Waals surface area contributed by atoms with Crippen molar-refractivity contribution in [3.8, 4) is 0 Å². The molecule has 2 rings (SSSR count). The molecule has 0 unspecified atom stereocenters. The molecule has 0 atom stereocenters. The van der Waals surface area contributed by atoms with Crippen LogP contribution in [0.1, 0.15) is 42.5 Å². The number of ether oxygens (including phenoxy) is 1. The van der Waals surface area contributed by atoms with E-state index >= 15 is 0 Å². The molecule has 1 aromatic rings. The van der Waals surface area contributed by atoms with E-state index < -0.39 is 24.5 Å². The molecule has 1 aromatic carbocycles. The largest absolute Gasteiger partial charge is 0.452 e. The second-order valence-electron chi connectivity index (χ2n) is 6.08. The van der Waals surface area contributed by atoms with E-state index in [9.17, 15) is 14.4 Å². The molecular weight excluding hydrogens is 388 g/mol. The highest BCUT2D eigenvalue weighted by molar-refractivity contribution is 7.98. The van der Waals surface area contributed by atoms with Gasteiger partial charge in [-0.15, -0.1) is 11.8 Å². The Hall–Kier alpha value is -1.99. The van der Waals surface area contributed by atoms with Crippen LogP contribution < -0.4 is 10.6 Å². The molecule has 0 heterocycles. The number of allylic oxidation sites excluding steroid dienone is 1. The zero-order valence-electron chi connectivity index (χ0n) is 15.2. The summed E-state index contributed by atoms with van der Waals surface area (Å²) >= 11 is 7.45. The van der Waals surface area contributed by atoms with Crippen LogP contribution in [0.25, 0.3) is 0 Å². The van der Waals surface area contributed by atoms with E-state index in [0.29, 0.717) is 6.54 Å². The molecule has 27 heavy (non-hydrogen) atoms. The van der Waals surface area contributed by atoms with Crippen molar-refractivity contribution in [1.82, 2.24) is 10.6 Å². The number of rotatable bonds is 7. The maximum absolute atomic E-state index is 12.1. The first kappa shape index (κ1) is 21.3. The van der Waals surface area contributed by atoms with Gasteiger partial charge in [0.15, 0.2) is 6.61 Å². The summed E-state index contributed by atoms with van der Waals surface area (Å²) in [4.78, 5) is 36.4. The van der Waals surface area contributed by atoms with Crippen molar-refractivity contribution >= 4 is 41.3 Å². The summed E-state index contributed by atoms with van der Waals surface area (Å²) < 4.78 is 4.94. The van der Waals surface area contributed by atoms with Crippen LogP contribution in [0.15, 0.2) is 34.7 Å². The normalized spacial score (nSPS) is 13.5. The first-order valence-electron chi connectivity index (χ1n) is 8.76. The zero-order chi connectivity index (χ0) is 19.6. The number of thioether (sulfide) groups is 1. The lowest BCUT2D eigenvalue weighted by atomic mass is 9.97. The van der Waals surface area contributed by atoms with Crippen LogP contribution in [0.4, 0.5) is 4.79 Å². The highest BCUT2D eigenvalue weighted by atomic mass is 35.5. The molecule has 2 N–H and O–H groups in total. The Labute approximate surface area is 168 Å². The topological polar surface area (TPSA) is 84.5 Å². The molecular formula is C19H23ClN2O4S. The molecule has 0 saturated heterocycles. The van der Waals surface area contributed by atoms with Gasteiger partial charge in [-0.1, -0.05) is 23.3 Å². The van der Waals surface area contributed by atoms with Gasteiger partial charge in [-0.05, 0) is 56.6 Å². The number of nitrogens with one attached hydrogen (secondary N) is 2. The molecule has 0 bridgehead atoms. The van der Waals surface area contributed by atoms with Crippen LogP contribution in [0.5, 0.6) is 0 Å². The molecule has 0 saturated carbocycles. The predicted octanol–water partition coefficient (Wildman–Crippen LogP) is 3.94. The van der Waals surface area contributed by atoms with Gasteiger partial charge in [-0.2, -0.15) is 0 Å². The fourth-order valence-electron chi connectivity index (χ4n) is 2.67. The number of carbonyl (C=O) groups is 3. The fourth-order valence-corrected chi connectivity index (χ4v) is 3.31. The Kier molecular flexibility index (Phi) is 8.67. The van der Waals surface area contributed by atoms with Crippen molar-refractivity contribution < 1.29 is 19.1 Å². The molecule has 0 aromatic heterocycles. The van der Waals surface area contributed by atoms with E-state index in [0.717, 1.165) is 24.2 Å². The molecule has 146 valence electrons. The SMILES string of the molecule is CSc1ccc(Cl)c(C(=O)OCC(=O)NC(=O)NCCC2=CCCCC2)c1. The standard InChI is InChI=1S/C19H23ClN2O4S/c1-27-14-7-8-16(20)15(11-14)18(24)26-12-17(23)22-19(25)21-10-9-13-5-3-2-4-6-13/h5,7-8,11H,2-4,6,9-10,12H2,1H3,(H2,21,22,23,25). The minimum Gasteiger partial charge on any atom is -0.452 e. The minimum atomic E-state index is -0.712. The molecule has 0 spiro atoms. The molecule has 0 aliphatic heterocycles. The summed E-state index contributed by atoms with van der Waals surface area (Å²) in [5.74, 6) is -1.41. The molecule has 1 aliphatic carbocycles. The average molecular weight is 411 g/mol. The van der Waals surface area contributed by atoms with Gasteiger partial charge in [0.2, 0.25) is 0 Å². The summed E-state index contributed by atoms with van der Waals surface area (Å²) in [7, 11) is 0. The highest BCUT2D eigenvalue weighted by Crippen LogP contribution is 2.23. The number of esters is 1. The van der Waals surface area contributed by atoms with Crippen LogP contribution in [-0.4, -0.2) is 37.3 Å². The number of imide groups is 1. The van der Waals surface area contributed by atoms with E-state index in [2.05, 4.69) is 16.7 Å². The molecule has 3 amide bonds. The fraction of sp³-hybridized carbons (Fsp3) is 0.421. The Bertz CT molecular complexity index is 736. The Morgan fingerprint density at radius 1 is 1.26 bits per heavy atom. The van der Waals surface area contributed by atoms with Crippen molar-refractivity contribution in [2.75, 3.05) is 19.4 Å². The maximum atomic E-state index is 12.1. The summed E-state index contributed by atoms with van der Waals surface area (Å²) in [6, 6.07) is 4.37. The molecule has 0 fully saturated rings. The Morgan fingerprint density at radius 3 is 2.78 bits per heavy atom. The number of hydrogen-bond donors (Lipinski definition) is 2. The van der Waals surface area contributed by atoms with Gasteiger partial charge in [0.1, 0.15) is 0 Å². The number of hydrogen-bond acceptors (Lipinski definition) is 5. The number of halogens is 1. The maximum Gasteiger partial charge on any atom is 0.340 e. The monoisotopic (exact) mass is 410 g/mol. The third-order valence-corrected chi connectivity index (χ3v) is 5.15. The Morgan fingerprint density at radius 2 is 2.07 bits per heavy atom. The van der Waals surface area contributed by atoms with E-state index in [4.69, 9.17) is 16.3 Å². The molecule has 6 nitrogen and oxygen atoms in total. The third kappa shape index (κ3) is 7.27. The highest BCUT2D eigenvalue weighted by Gasteiger charge is 2.16. The predicted molar refractivity (Wildman–Crippen MR) is 106 cm³/mol. The van der Waals surface area contributed by atoms with Gasteiger partial charge in [-0.25, -0.2) is 9.59 Å². The number of urea groups is 1. The second kappa shape index (κ2) is 11.0. The van der Waals surface area contributed by atoms with Gasteiger partial charge in [0.25, 0.3) is 5.91 Å². The van der Waals surface area contributed by atoms with Crippen LogP contribution in [0.3, 0.4) is 0 Å². The number of benzene rings is 1. The second-order valence-corrected chi connectivity index (χ2v) is 7.37. The summed E-state index contributed by atoms with van der Waals surface area (Å²) in [5, 5.41) is 5.01. The minimum absolute atomic E-state index is 0.182. The smallest absolute Gasteiger partial charge is 0.340 e. The number of amides is 3. The van der Waals surface area contributed by atoms with Gasteiger partial charge in [0, 0.05) is 11.4 Å². The lowest BCUT2D eigenvalue weighted by Gasteiger charge is -2.13. The quantitative estimate of drug-likeness (QED) is 0.404. The van der Waals surface area contributed by atoms with E-state index in [1.165, 1.54) is 30.2 Å². The van der Waals surface area contributed by atoms with E-state index in [-0.39, 0.29) is 10.6 Å². The van der Waals surface area contributed by atoms with Crippen LogP contribution in [0.2, 0.25) is 5.02 Å². The first-order valence-corrected chi connectivity index (χ1v) is 10.4. The third-order valence-electron chi connectivity index (χ3n) is 4.10. The zero-order valence-corrected chi connectivity index (χ0v) is 16.8. The van der Waals surface area contributed by atoms with Crippen molar-refractivity contribution in [2.45, 2.75) is 37.0 Å². The lowest BCUT2D eigenvalue weighted by Crippen LogP contribution is -2.41. The molecule has 1 aliphatic rings. The lowest BCUT2D eigenvalue weighted by molar-refractivity contribution is -0.123. The van der Waals surface area contributed by atoms with Gasteiger partial charge in [-0.3, -0.25) is 10.1 Å². The van der Waals surface area contributed by atoms with Gasteiger partial charge in [0.05, 0.1) is 10.6 Å². The van der Waals surface area contributed by atoms with Crippen LogP contribution >= 0.6 is 23.4 Å².